The summed E-state index contributed by atoms with van der Waals surface area (Å²) in [5.41, 5.74) is 7.55. The van der Waals surface area contributed by atoms with Gasteiger partial charge in [0, 0.05) is 11.4 Å². The highest BCUT2D eigenvalue weighted by Crippen LogP contribution is 2.20. The van der Waals surface area contributed by atoms with Crippen LogP contribution in [0.2, 0.25) is 0 Å². The Labute approximate surface area is 131 Å². The van der Waals surface area contributed by atoms with Crippen molar-refractivity contribution in [2.75, 3.05) is 17.7 Å². The molecule has 0 aromatic heterocycles. The number of hydrogen-bond donors (Lipinski definition) is 2. The molecule has 22 heavy (non-hydrogen) atoms. The molecule has 0 saturated heterocycles. The lowest BCUT2D eigenvalue weighted by molar-refractivity contribution is 0.102. The molecule has 0 aliphatic rings. The zero-order chi connectivity index (χ0) is 15.8. The molecule has 0 heterocycles. The first-order valence-electron chi connectivity index (χ1n) is 7.59. The minimum Gasteiger partial charge on any atom is -0.493 e. The number of carbonyl (C=O) groups is 1. The number of rotatable bonds is 7. The summed E-state index contributed by atoms with van der Waals surface area (Å²) in [6.07, 6.45) is 3.26. The average molecular weight is 298 g/mol. The van der Waals surface area contributed by atoms with Crippen LogP contribution in [0.25, 0.3) is 0 Å². The number of hydrogen-bond acceptors (Lipinski definition) is 3. The zero-order valence-electron chi connectivity index (χ0n) is 12.8. The Morgan fingerprint density at radius 1 is 1.09 bits per heavy atom. The molecule has 0 atom stereocenters. The van der Waals surface area contributed by atoms with Gasteiger partial charge in [-0.25, -0.2) is 0 Å². The first kappa shape index (κ1) is 15.9. The maximum Gasteiger partial charge on any atom is 0.259 e. The predicted molar refractivity (Wildman–Crippen MR) is 90.3 cm³/mol. The van der Waals surface area contributed by atoms with Gasteiger partial charge < -0.3 is 15.8 Å². The van der Waals surface area contributed by atoms with Crippen molar-refractivity contribution in [1.82, 2.24) is 0 Å². The molecule has 4 heteroatoms. The maximum atomic E-state index is 12.4. The lowest BCUT2D eigenvalue weighted by Crippen LogP contribution is -2.14. The predicted octanol–water partition coefficient (Wildman–Crippen LogP) is 4.09. The van der Waals surface area contributed by atoms with Crippen molar-refractivity contribution in [1.29, 1.82) is 0 Å². The van der Waals surface area contributed by atoms with Gasteiger partial charge in [-0.3, -0.25) is 4.79 Å². The normalized spacial score (nSPS) is 10.2. The second-order valence-electron chi connectivity index (χ2n) is 5.13. The van der Waals surface area contributed by atoms with E-state index in [0.717, 1.165) is 19.3 Å². The number of ether oxygens (including phenoxy) is 1. The van der Waals surface area contributed by atoms with Crippen LogP contribution in [0.15, 0.2) is 48.5 Å². The summed E-state index contributed by atoms with van der Waals surface area (Å²) in [5.74, 6) is 0.433. The van der Waals surface area contributed by atoms with E-state index in [4.69, 9.17) is 10.5 Å². The van der Waals surface area contributed by atoms with Crippen LogP contribution in [-0.4, -0.2) is 12.5 Å². The van der Waals surface area contributed by atoms with Crippen LogP contribution in [0.5, 0.6) is 5.75 Å². The molecule has 3 N–H and O–H groups in total. The standard InChI is InChI=1S/C18H22N2O2/c1-2-3-6-13-22-17-8-5-4-7-16(17)18(21)20-15-11-9-14(19)10-12-15/h4-5,7-12H,2-3,6,13,19H2,1H3,(H,20,21). The molecule has 0 saturated carbocycles. The number of amides is 1. The van der Waals surface area contributed by atoms with Gasteiger partial charge in [0.25, 0.3) is 5.91 Å². The molecular formula is C18H22N2O2. The molecule has 0 radical (unpaired) electrons. The van der Waals surface area contributed by atoms with Crippen molar-refractivity contribution in [3.63, 3.8) is 0 Å². The summed E-state index contributed by atoms with van der Waals surface area (Å²) < 4.78 is 5.74. The minimum atomic E-state index is -0.184. The van der Waals surface area contributed by atoms with Gasteiger partial charge in [0.15, 0.2) is 0 Å². The number of carbonyl (C=O) groups excluding carboxylic acids is 1. The van der Waals surface area contributed by atoms with E-state index in [9.17, 15) is 4.79 Å². The number of nitrogens with two attached hydrogens (primary N) is 1. The zero-order valence-corrected chi connectivity index (χ0v) is 12.8. The number of unbranched alkanes of at least 4 members (excludes halogenated alkanes) is 2. The summed E-state index contributed by atoms with van der Waals surface area (Å²) >= 11 is 0. The van der Waals surface area contributed by atoms with E-state index in [2.05, 4.69) is 12.2 Å². The maximum absolute atomic E-state index is 12.4. The molecule has 0 bridgehead atoms. The Morgan fingerprint density at radius 3 is 2.55 bits per heavy atom. The topological polar surface area (TPSA) is 64.3 Å². The van der Waals surface area contributed by atoms with Crippen LogP contribution in [0.4, 0.5) is 11.4 Å². The van der Waals surface area contributed by atoms with Crippen molar-refractivity contribution >= 4 is 17.3 Å². The minimum absolute atomic E-state index is 0.184. The lowest BCUT2D eigenvalue weighted by Gasteiger charge is -2.11. The quantitative estimate of drug-likeness (QED) is 0.597. The van der Waals surface area contributed by atoms with E-state index >= 15 is 0 Å². The van der Waals surface area contributed by atoms with Gasteiger partial charge >= 0.3 is 0 Å². The molecule has 1 amide bonds. The third-order valence-electron chi connectivity index (χ3n) is 3.31. The fourth-order valence-electron chi connectivity index (χ4n) is 2.08. The Morgan fingerprint density at radius 2 is 1.82 bits per heavy atom. The summed E-state index contributed by atoms with van der Waals surface area (Å²) in [4.78, 5) is 12.4. The Bertz CT molecular complexity index is 609. The molecule has 0 aliphatic carbocycles. The van der Waals surface area contributed by atoms with Gasteiger partial charge in [0.2, 0.25) is 0 Å². The molecule has 4 nitrogen and oxygen atoms in total. The molecule has 0 unspecified atom stereocenters. The van der Waals surface area contributed by atoms with Crippen molar-refractivity contribution in [3.8, 4) is 5.75 Å². The van der Waals surface area contributed by atoms with Crippen LogP contribution in [0.3, 0.4) is 0 Å². The number of benzene rings is 2. The van der Waals surface area contributed by atoms with Crippen molar-refractivity contribution < 1.29 is 9.53 Å². The Balaban J connectivity index is 2.03. The number of nitrogen functional groups attached to an aromatic ring is 1. The van der Waals surface area contributed by atoms with Gasteiger partial charge in [0.1, 0.15) is 5.75 Å². The molecule has 116 valence electrons. The summed E-state index contributed by atoms with van der Waals surface area (Å²) in [7, 11) is 0. The molecule has 2 rings (SSSR count). The van der Waals surface area contributed by atoms with E-state index in [0.29, 0.717) is 29.3 Å². The second kappa shape index (κ2) is 8.08. The van der Waals surface area contributed by atoms with Crippen LogP contribution >= 0.6 is 0 Å². The fraction of sp³-hybridized carbons (Fsp3) is 0.278. The average Bonchev–Trinajstić information content (AvgIpc) is 2.54. The van der Waals surface area contributed by atoms with E-state index in [1.165, 1.54) is 0 Å². The van der Waals surface area contributed by atoms with E-state index < -0.39 is 0 Å². The molecule has 0 aliphatic heterocycles. The lowest BCUT2D eigenvalue weighted by atomic mass is 10.1. The van der Waals surface area contributed by atoms with Crippen LogP contribution in [-0.2, 0) is 0 Å². The number of anilines is 2. The van der Waals surface area contributed by atoms with E-state index in [1.54, 1.807) is 30.3 Å². The Kier molecular flexibility index (Phi) is 5.83. The third kappa shape index (κ3) is 4.52. The van der Waals surface area contributed by atoms with E-state index in [1.807, 2.05) is 18.2 Å². The van der Waals surface area contributed by atoms with Gasteiger partial charge in [0.05, 0.1) is 12.2 Å². The molecule has 2 aromatic carbocycles. The number of nitrogens with one attached hydrogen (secondary N) is 1. The highest BCUT2D eigenvalue weighted by Gasteiger charge is 2.12. The van der Waals surface area contributed by atoms with Gasteiger partial charge in [-0.15, -0.1) is 0 Å². The van der Waals surface area contributed by atoms with Crippen LogP contribution < -0.4 is 15.8 Å². The molecule has 0 spiro atoms. The van der Waals surface area contributed by atoms with Crippen molar-refractivity contribution in [3.05, 3.63) is 54.1 Å². The largest absolute Gasteiger partial charge is 0.493 e. The molecule has 2 aromatic rings. The highest BCUT2D eigenvalue weighted by molar-refractivity contribution is 6.06. The van der Waals surface area contributed by atoms with Gasteiger partial charge in [-0.1, -0.05) is 31.9 Å². The van der Waals surface area contributed by atoms with Crippen LogP contribution in [0.1, 0.15) is 36.5 Å². The third-order valence-corrected chi connectivity index (χ3v) is 3.31. The van der Waals surface area contributed by atoms with E-state index in [-0.39, 0.29) is 5.91 Å². The van der Waals surface area contributed by atoms with Crippen molar-refractivity contribution in [2.24, 2.45) is 0 Å². The fourth-order valence-corrected chi connectivity index (χ4v) is 2.08. The summed E-state index contributed by atoms with van der Waals surface area (Å²) in [6.45, 7) is 2.77. The molecule has 0 fully saturated rings. The SMILES string of the molecule is CCCCCOc1ccccc1C(=O)Nc1ccc(N)cc1. The monoisotopic (exact) mass is 298 g/mol. The summed E-state index contributed by atoms with van der Waals surface area (Å²) in [5, 5.41) is 2.85. The van der Waals surface area contributed by atoms with Crippen molar-refractivity contribution in [2.45, 2.75) is 26.2 Å². The first-order valence-corrected chi connectivity index (χ1v) is 7.59. The van der Waals surface area contributed by atoms with Crippen LogP contribution in [0, 0.1) is 0 Å². The molecular weight excluding hydrogens is 276 g/mol. The summed E-state index contributed by atoms with van der Waals surface area (Å²) in [6, 6.07) is 14.3. The smallest absolute Gasteiger partial charge is 0.259 e. The Hall–Kier alpha value is -2.49. The number of para-hydroxylation sites is 1. The highest BCUT2D eigenvalue weighted by atomic mass is 16.5. The van der Waals surface area contributed by atoms with Gasteiger partial charge in [-0.2, -0.15) is 0 Å². The second-order valence-corrected chi connectivity index (χ2v) is 5.13. The first-order chi connectivity index (χ1) is 10.7. The van der Waals surface area contributed by atoms with Gasteiger partial charge in [-0.05, 0) is 42.8 Å².